The molecule has 1 fully saturated rings. The third kappa shape index (κ3) is 6.14. The normalized spacial score (nSPS) is 14.9. The van der Waals surface area contributed by atoms with Crippen LogP contribution in [0, 0.1) is 6.92 Å². The lowest BCUT2D eigenvalue weighted by atomic mass is 9.94. The molecule has 0 bridgehead atoms. The maximum atomic E-state index is 11.8. The first-order chi connectivity index (χ1) is 14.6. The Morgan fingerprint density at radius 1 is 1.10 bits per heavy atom. The number of benzene rings is 2. The van der Waals surface area contributed by atoms with Gasteiger partial charge in [0.25, 0.3) is 0 Å². The smallest absolute Gasteiger partial charge is 0.336 e. The SMILES string of the molecule is CCCCN(CCC1OCCCO1)Cc1ccc(C(=O)O)c(-c2ccccc2C)c1. The number of ether oxygens (including phenoxy) is 2. The number of nitrogens with zero attached hydrogens (tertiary/aromatic N) is 1. The van der Waals surface area contributed by atoms with E-state index in [1.807, 2.05) is 43.3 Å². The molecule has 0 amide bonds. The number of carboxylic acid groups (broad SMARTS) is 1. The van der Waals surface area contributed by atoms with Gasteiger partial charge in [-0.05, 0) is 60.7 Å². The van der Waals surface area contributed by atoms with E-state index in [1.54, 1.807) is 6.07 Å². The summed E-state index contributed by atoms with van der Waals surface area (Å²) in [6.45, 7) is 8.45. The summed E-state index contributed by atoms with van der Waals surface area (Å²) < 4.78 is 11.4. The van der Waals surface area contributed by atoms with Crippen LogP contribution in [0.4, 0.5) is 0 Å². The van der Waals surface area contributed by atoms with Crippen molar-refractivity contribution >= 4 is 5.97 Å². The number of hydrogen-bond acceptors (Lipinski definition) is 4. The van der Waals surface area contributed by atoms with Gasteiger partial charge in [-0.1, -0.05) is 43.7 Å². The Balaban J connectivity index is 1.78. The lowest BCUT2D eigenvalue weighted by molar-refractivity contribution is -0.182. The highest BCUT2D eigenvalue weighted by molar-refractivity contribution is 5.96. The molecule has 1 aliphatic heterocycles. The largest absolute Gasteiger partial charge is 0.478 e. The van der Waals surface area contributed by atoms with E-state index in [4.69, 9.17) is 9.47 Å². The lowest BCUT2D eigenvalue weighted by Crippen LogP contribution is -2.32. The van der Waals surface area contributed by atoms with Crippen LogP contribution in [0.15, 0.2) is 42.5 Å². The van der Waals surface area contributed by atoms with Crippen molar-refractivity contribution < 1.29 is 19.4 Å². The highest BCUT2D eigenvalue weighted by atomic mass is 16.7. The van der Waals surface area contributed by atoms with Gasteiger partial charge in [-0.15, -0.1) is 0 Å². The molecule has 2 aromatic rings. The molecule has 3 rings (SSSR count). The molecule has 2 aromatic carbocycles. The van der Waals surface area contributed by atoms with Crippen LogP contribution in [-0.4, -0.2) is 48.6 Å². The number of hydrogen-bond donors (Lipinski definition) is 1. The van der Waals surface area contributed by atoms with Gasteiger partial charge in [0, 0.05) is 19.5 Å². The van der Waals surface area contributed by atoms with Crippen molar-refractivity contribution in [2.24, 2.45) is 0 Å². The van der Waals surface area contributed by atoms with E-state index in [2.05, 4.69) is 11.8 Å². The minimum Gasteiger partial charge on any atom is -0.478 e. The van der Waals surface area contributed by atoms with Gasteiger partial charge in [0.05, 0.1) is 18.8 Å². The van der Waals surface area contributed by atoms with Crippen molar-refractivity contribution in [3.63, 3.8) is 0 Å². The molecular formula is C25H33NO4. The molecule has 0 aliphatic carbocycles. The second kappa shape index (κ2) is 11.3. The third-order valence-electron chi connectivity index (χ3n) is 5.56. The molecule has 1 aliphatic rings. The Morgan fingerprint density at radius 2 is 1.87 bits per heavy atom. The molecular weight excluding hydrogens is 378 g/mol. The van der Waals surface area contributed by atoms with Gasteiger partial charge in [0.1, 0.15) is 0 Å². The lowest BCUT2D eigenvalue weighted by Gasteiger charge is -2.27. The zero-order chi connectivity index (χ0) is 21.3. The number of aromatic carboxylic acids is 1. The fourth-order valence-corrected chi connectivity index (χ4v) is 3.88. The fourth-order valence-electron chi connectivity index (χ4n) is 3.88. The van der Waals surface area contributed by atoms with Gasteiger partial charge in [0.15, 0.2) is 6.29 Å². The zero-order valence-corrected chi connectivity index (χ0v) is 18.1. The third-order valence-corrected chi connectivity index (χ3v) is 5.56. The van der Waals surface area contributed by atoms with E-state index in [-0.39, 0.29) is 6.29 Å². The van der Waals surface area contributed by atoms with Crippen LogP contribution >= 0.6 is 0 Å². The number of unbranched alkanes of at least 4 members (excludes halogenated alkanes) is 1. The topological polar surface area (TPSA) is 59.0 Å². The molecule has 0 aromatic heterocycles. The predicted octanol–water partition coefficient (Wildman–Crippen LogP) is 5.12. The molecule has 5 nitrogen and oxygen atoms in total. The Morgan fingerprint density at radius 3 is 2.57 bits per heavy atom. The minimum atomic E-state index is -0.894. The van der Waals surface area contributed by atoms with E-state index >= 15 is 0 Å². The van der Waals surface area contributed by atoms with Gasteiger partial charge in [-0.3, -0.25) is 4.90 Å². The maximum absolute atomic E-state index is 11.8. The van der Waals surface area contributed by atoms with Crippen LogP contribution in [0.25, 0.3) is 11.1 Å². The first kappa shape index (κ1) is 22.5. The Hall–Kier alpha value is -2.21. The molecule has 0 saturated carbocycles. The van der Waals surface area contributed by atoms with Crippen molar-refractivity contribution in [1.82, 2.24) is 4.90 Å². The summed E-state index contributed by atoms with van der Waals surface area (Å²) in [6, 6.07) is 13.7. The average molecular weight is 412 g/mol. The summed E-state index contributed by atoms with van der Waals surface area (Å²) in [4.78, 5) is 14.2. The van der Waals surface area contributed by atoms with Crippen LogP contribution < -0.4 is 0 Å². The second-order valence-corrected chi connectivity index (χ2v) is 7.94. The average Bonchev–Trinajstić information content (AvgIpc) is 2.76. The summed E-state index contributed by atoms with van der Waals surface area (Å²) in [5, 5.41) is 9.70. The standard InChI is InChI=1S/C25H33NO4/c1-3-4-13-26(14-12-24-29-15-7-16-30-24)18-20-10-11-22(25(27)28)23(17-20)21-9-6-5-8-19(21)2/h5-6,8-11,17,24H,3-4,7,12-16,18H2,1-2H3,(H,27,28). The fraction of sp³-hybridized carbons (Fsp3) is 0.480. The minimum absolute atomic E-state index is 0.111. The van der Waals surface area contributed by atoms with Gasteiger partial charge in [-0.25, -0.2) is 4.79 Å². The number of carbonyl (C=O) groups is 1. The molecule has 162 valence electrons. The van der Waals surface area contributed by atoms with Gasteiger partial charge >= 0.3 is 5.97 Å². The van der Waals surface area contributed by atoms with Crippen molar-refractivity contribution in [3.8, 4) is 11.1 Å². The zero-order valence-electron chi connectivity index (χ0n) is 18.1. The van der Waals surface area contributed by atoms with Crippen molar-refractivity contribution in [3.05, 3.63) is 59.2 Å². The summed E-state index contributed by atoms with van der Waals surface area (Å²) in [5.74, 6) is -0.894. The quantitative estimate of drug-likeness (QED) is 0.588. The summed E-state index contributed by atoms with van der Waals surface area (Å²) >= 11 is 0. The van der Waals surface area contributed by atoms with Crippen LogP contribution in [0.5, 0.6) is 0 Å². The first-order valence-corrected chi connectivity index (χ1v) is 11.0. The maximum Gasteiger partial charge on any atom is 0.336 e. The Kier molecular flexibility index (Phi) is 8.43. The molecule has 30 heavy (non-hydrogen) atoms. The second-order valence-electron chi connectivity index (χ2n) is 7.94. The van der Waals surface area contributed by atoms with E-state index < -0.39 is 5.97 Å². The molecule has 0 radical (unpaired) electrons. The van der Waals surface area contributed by atoms with Crippen LogP contribution in [0.1, 0.15) is 54.1 Å². The molecule has 1 heterocycles. The van der Waals surface area contributed by atoms with Gasteiger partial charge in [-0.2, -0.15) is 0 Å². The predicted molar refractivity (Wildman–Crippen MR) is 119 cm³/mol. The van der Waals surface area contributed by atoms with Crippen molar-refractivity contribution in [2.75, 3.05) is 26.3 Å². The molecule has 5 heteroatoms. The Bertz CT molecular complexity index is 830. The summed E-state index contributed by atoms with van der Waals surface area (Å²) in [5.41, 5.74) is 4.30. The van der Waals surface area contributed by atoms with E-state index in [1.165, 1.54) is 0 Å². The highest BCUT2D eigenvalue weighted by Gasteiger charge is 2.18. The number of carboxylic acids is 1. The van der Waals surface area contributed by atoms with Crippen molar-refractivity contribution in [1.29, 1.82) is 0 Å². The van der Waals surface area contributed by atoms with Gasteiger partial charge < -0.3 is 14.6 Å². The number of rotatable bonds is 10. The molecule has 1 N–H and O–H groups in total. The van der Waals surface area contributed by atoms with Crippen LogP contribution in [-0.2, 0) is 16.0 Å². The summed E-state index contributed by atoms with van der Waals surface area (Å²) in [6.07, 6.45) is 3.97. The molecule has 0 spiro atoms. The Labute approximate surface area is 179 Å². The number of aryl methyl sites for hydroxylation is 1. The monoisotopic (exact) mass is 411 g/mol. The highest BCUT2D eigenvalue weighted by Crippen LogP contribution is 2.28. The van der Waals surface area contributed by atoms with E-state index in [0.717, 1.165) is 80.8 Å². The van der Waals surface area contributed by atoms with E-state index in [0.29, 0.717) is 5.56 Å². The van der Waals surface area contributed by atoms with Crippen LogP contribution in [0.3, 0.4) is 0 Å². The molecule has 0 atom stereocenters. The molecule has 0 unspecified atom stereocenters. The first-order valence-electron chi connectivity index (χ1n) is 11.0. The molecule has 1 saturated heterocycles. The van der Waals surface area contributed by atoms with Crippen LogP contribution in [0.2, 0.25) is 0 Å². The van der Waals surface area contributed by atoms with E-state index in [9.17, 15) is 9.90 Å². The van der Waals surface area contributed by atoms with Gasteiger partial charge in [0.2, 0.25) is 0 Å². The summed E-state index contributed by atoms with van der Waals surface area (Å²) in [7, 11) is 0. The van der Waals surface area contributed by atoms with Crippen molar-refractivity contribution in [2.45, 2.75) is 52.4 Å².